The molecule has 1 saturated carbocycles. The van der Waals surface area contributed by atoms with E-state index in [4.69, 9.17) is 10.3 Å². The second kappa shape index (κ2) is 5.55. The first-order valence-corrected chi connectivity index (χ1v) is 7.93. The first-order chi connectivity index (χ1) is 9.76. The van der Waals surface area contributed by atoms with Crippen molar-refractivity contribution in [3.8, 4) is 0 Å². The molecule has 0 bridgehead atoms. The van der Waals surface area contributed by atoms with Gasteiger partial charge in [0, 0.05) is 18.1 Å². The molecule has 0 amide bonds. The van der Waals surface area contributed by atoms with Crippen LogP contribution in [-0.4, -0.2) is 21.7 Å². The van der Waals surface area contributed by atoms with E-state index in [0.29, 0.717) is 11.7 Å². The zero-order chi connectivity index (χ0) is 13.6. The van der Waals surface area contributed by atoms with E-state index in [1.807, 2.05) is 11.6 Å². The molecular formula is C13H18ClN5OS. The van der Waals surface area contributed by atoms with Crippen molar-refractivity contribution in [2.45, 2.75) is 43.7 Å². The van der Waals surface area contributed by atoms with Gasteiger partial charge in [-0.3, -0.25) is 0 Å². The molecule has 0 aromatic carbocycles. The van der Waals surface area contributed by atoms with Crippen LogP contribution in [0.3, 0.4) is 0 Å². The van der Waals surface area contributed by atoms with Crippen molar-refractivity contribution >= 4 is 28.9 Å². The van der Waals surface area contributed by atoms with Crippen molar-refractivity contribution in [2.75, 3.05) is 11.4 Å². The number of halogens is 1. The molecule has 1 aliphatic heterocycles. The van der Waals surface area contributed by atoms with Crippen molar-refractivity contribution < 1.29 is 4.52 Å². The number of aromatic nitrogens is 3. The highest BCUT2D eigenvalue weighted by Gasteiger charge is 2.40. The Kier molecular flexibility index (Phi) is 3.90. The summed E-state index contributed by atoms with van der Waals surface area (Å²) >= 11 is 1.65. The minimum absolute atomic E-state index is 0. The summed E-state index contributed by atoms with van der Waals surface area (Å²) in [5.74, 6) is 1.36. The summed E-state index contributed by atoms with van der Waals surface area (Å²) < 4.78 is 5.49. The standard InChI is InChI=1S/C13H17N5OS.ClH/c14-13(4-2-5-13)11-16-10(19-17-11)9-3-1-7-18(9)12-15-6-8-20-12;/h6,8-9H,1-5,7,14H2;1H. The Morgan fingerprint density at radius 2 is 2.24 bits per heavy atom. The van der Waals surface area contributed by atoms with Gasteiger partial charge >= 0.3 is 0 Å². The average Bonchev–Trinajstić information content (AvgIpc) is 3.13. The van der Waals surface area contributed by atoms with Crippen molar-refractivity contribution in [2.24, 2.45) is 5.73 Å². The Balaban J connectivity index is 0.00000132. The minimum atomic E-state index is -0.355. The van der Waals surface area contributed by atoms with Gasteiger partial charge in [0.15, 0.2) is 11.0 Å². The predicted molar refractivity (Wildman–Crippen MR) is 82.7 cm³/mol. The topological polar surface area (TPSA) is 81.1 Å². The van der Waals surface area contributed by atoms with E-state index in [1.165, 1.54) is 0 Å². The van der Waals surface area contributed by atoms with Gasteiger partial charge in [0.2, 0.25) is 5.89 Å². The lowest BCUT2D eigenvalue weighted by Gasteiger charge is -2.34. The van der Waals surface area contributed by atoms with Crippen LogP contribution in [0.15, 0.2) is 16.1 Å². The molecule has 0 spiro atoms. The van der Waals surface area contributed by atoms with E-state index in [0.717, 1.165) is 43.8 Å². The van der Waals surface area contributed by atoms with Crippen LogP contribution < -0.4 is 10.6 Å². The maximum Gasteiger partial charge on any atom is 0.249 e. The normalized spacial score (nSPS) is 23.7. The smallest absolute Gasteiger partial charge is 0.249 e. The molecule has 1 unspecified atom stereocenters. The van der Waals surface area contributed by atoms with E-state index in [-0.39, 0.29) is 24.0 Å². The van der Waals surface area contributed by atoms with E-state index in [9.17, 15) is 0 Å². The fourth-order valence-corrected chi connectivity index (χ4v) is 3.68. The fourth-order valence-electron chi connectivity index (χ4n) is 2.96. The lowest BCUT2D eigenvalue weighted by Crippen LogP contribution is -2.44. The van der Waals surface area contributed by atoms with Crippen LogP contribution in [0, 0.1) is 0 Å². The molecule has 2 aromatic heterocycles. The Labute approximate surface area is 133 Å². The third-order valence-corrected chi connectivity index (χ3v) is 5.14. The maximum absolute atomic E-state index is 6.26. The van der Waals surface area contributed by atoms with Crippen molar-refractivity contribution in [3.05, 3.63) is 23.3 Å². The lowest BCUT2D eigenvalue weighted by atomic mass is 9.77. The molecule has 6 nitrogen and oxygen atoms in total. The quantitative estimate of drug-likeness (QED) is 0.933. The molecule has 1 aliphatic carbocycles. The number of hydrogen-bond acceptors (Lipinski definition) is 7. The van der Waals surface area contributed by atoms with Crippen LogP contribution in [0.4, 0.5) is 5.13 Å². The molecule has 4 rings (SSSR count). The van der Waals surface area contributed by atoms with E-state index in [1.54, 1.807) is 11.3 Å². The van der Waals surface area contributed by atoms with Gasteiger partial charge in [0.05, 0.1) is 5.54 Å². The zero-order valence-corrected chi connectivity index (χ0v) is 13.2. The largest absolute Gasteiger partial charge is 0.337 e. The Hall–Kier alpha value is -1.18. The van der Waals surface area contributed by atoms with Gasteiger partial charge in [-0.2, -0.15) is 4.98 Å². The molecule has 0 radical (unpaired) electrons. The van der Waals surface area contributed by atoms with Gasteiger partial charge in [0.25, 0.3) is 0 Å². The molecule has 2 fully saturated rings. The van der Waals surface area contributed by atoms with Crippen LogP contribution >= 0.6 is 23.7 Å². The van der Waals surface area contributed by atoms with Gasteiger partial charge in [-0.15, -0.1) is 23.7 Å². The number of rotatable bonds is 3. The molecule has 2 aromatic rings. The number of thiazole rings is 1. The highest BCUT2D eigenvalue weighted by molar-refractivity contribution is 7.13. The fraction of sp³-hybridized carbons (Fsp3) is 0.615. The van der Waals surface area contributed by atoms with E-state index in [2.05, 4.69) is 20.0 Å². The maximum atomic E-state index is 6.26. The highest BCUT2D eigenvalue weighted by atomic mass is 35.5. The van der Waals surface area contributed by atoms with E-state index < -0.39 is 0 Å². The first-order valence-electron chi connectivity index (χ1n) is 7.05. The summed E-state index contributed by atoms with van der Waals surface area (Å²) in [6.45, 7) is 0.990. The third kappa shape index (κ3) is 2.43. The third-order valence-electron chi connectivity index (χ3n) is 4.34. The number of nitrogens with two attached hydrogens (primary N) is 1. The second-order valence-electron chi connectivity index (χ2n) is 5.63. The molecule has 3 heterocycles. The van der Waals surface area contributed by atoms with E-state index >= 15 is 0 Å². The van der Waals surface area contributed by atoms with Crippen LogP contribution in [0.2, 0.25) is 0 Å². The highest BCUT2D eigenvalue weighted by Crippen LogP contribution is 2.40. The van der Waals surface area contributed by atoms with Gasteiger partial charge < -0.3 is 15.2 Å². The molecule has 21 heavy (non-hydrogen) atoms. The van der Waals surface area contributed by atoms with Crippen molar-refractivity contribution in [1.82, 2.24) is 15.1 Å². The monoisotopic (exact) mass is 327 g/mol. The number of hydrogen-bond donors (Lipinski definition) is 1. The first kappa shape index (κ1) is 14.7. The van der Waals surface area contributed by atoms with Crippen LogP contribution in [-0.2, 0) is 5.54 Å². The summed E-state index contributed by atoms with van der Waals surface area (Å²) in [7, 11) is 0. The van der Waals surface area contributed by atoms with Crippen molar-refractivity contribution in [1.29, 1.82) is 0 Å². The molecule has 1 saturated heterocycles. The molecule has 2 N–H and O–H groups in total. The summed E-state index contributed by atoms with van der Waals surface area (Å²) in [4.78, 5) is 11.2. The lowest BCUT2D eigenvalue weighted by molar-refractivity contribution is 0.228. The summed E-state index contributed by atoms with van der Waals surface area (Å²) in [6, 6.07) is 0.145. The second-order valence-corrected chi connectivity index (χ2v) is 6.51. The predicted octanol–water partition coefficient (Wildman–Crippen LogP) is 2.63. The Morgan fingerprint density at radius 1 is 1.38 bits per heavy atom. The van der Waals surface area contributed by atoms with Gasteiger partial charge in [-0.05, 0) is 32.1 Å². The molecule has 1 atom stereocenters. The van der Waals surface area contributed by atoms with Crippen LogP contribution in [0.5, 0.6) is 0 Å². The average molecular weight is 328 g/mol. The van der Waals surface area contributed by atoms with Crippen LogP contribution in [0.25, 0.3) is 0 Å². The SMILES string of the molecule is Cl.NC1(c2noc(C3CCCN3c3nccs3)n2)CCC1. The van der Waals surface area contributed by atoms with Gasteiger partial charge in [-0.1, -0.05) is 5.16 Å². The van der Waals surface area contributed by atoms with Crippen LogP contribution in [0.1, 0.15) is 49.9 Å². The van der Waals surface area contributed by atoms with Gasteiger partial charge in [-0.25, -0.2) is 4.98 Å². The molecule has 8 heteroatoms. The zero-order valence-electron chi connectivity index (χ0n) is 11.6. The summed E-state index contributed by atoms with van der Waals surface area (Å²) in [5, 5.41) is 7.14. The molecular weight excluding hydrogens is 310 g/mol. The minimum Gasteiger partial charge on any atom is -0.337 e. The van der Waals surface area contributed by atoms with Gasteiger partial charge in [0.1, 0.15) is 6.04 Å². The number of nitrogens with zero attached hydrogens (tertiary/aromatic N) is 4. The Morgan fingerprint density at radius 3 is 2.90 bits per heavy atom. The summed E-state index contributed by atoms with van der Waals surface area (Å²) in [5.41, 5.74) is 5.90. The van der Waals surface area contributed by atoms with Crippen molar-refractivity contribution in [3.63, 3.8) is 0 Å². The molecule has 2 aliphatic rings. The summed E-state index contributed by atoms with van der Waals surface area (Å²) in [6.07, 6.45) is 7.03. The number of anilines is 1. The Bertz CT molecular complexity index is 597. The molecule has 114 valence electrons.